The van der Waals surface area contributed by atoms with Crippen molar-refractivity contribution < 1.29 is 18.7 Å². The second-order valence-corrected chi connectivity index (χ2v) is 8.65. The van der Waals surface area contributed by atoms with Crippen LogP contribution in [0.25, 0.3) is 0 Å². The van der Waals surface area contributed by atoms with Gasteiger partial charge in [-0.25, -0.2) is 9.37 Å². The van der Waals surface area contributed by atoms with E-state index in [1.165, 1.54) is 12.1 Å². The van der Waals surface area contributed by atoms with E-state index in [1.54, 1.807) is 29.6 Å². The first kappa shape index (κ1) is 22.2. The van der Waals surface area contributed by atoms with E-state index in [0.29, 0.717) is 44.7 Å². The van der Waals surface area contributed by atoms with Gasteiger partial charge in [0.1, 0.15) is 11.9 Å². The van der Waals surface area contributed by atoms with Crippen LogP contribution in [-0.2, 0) is 29.2 Å². The van der Waals surface area contributed by atoms with Crippen molar-refractivity contribution in [2.24, 2.45) is 5.92 Å². The van der Waals surface area contributed by atoms with Crippen LogP contribution in [-0.4, -0.2) is 44.3 Å². The summed E-state index contributed by atoms with van der Waals surface area (Å²) < 4.78 is 21.1. The number of benzene rings is 1. The fourth-order valence-electron chi connectivity index (χ4n) is 4.50. The number of amides is 2. The molecule has 176 valence electrons. The molecule has 0 spiro atoms. The number of fused-ring (bicyclic) bond motifs is 1. The summed E-state index contributed by atoms with van der Waals surface area (Å²) in [6, 6.07) is 11.9. The zero-order valence-electron chi connectivity index (χ0n) is 18.7. The maximum absolute atomic E-state index is 13.2. The molecule has 0 aliphatic carbocycles. The minimum Gasteiger partial charge on any atom is -0.365 e. The summed E-state index contributed by atoms with van der Waals surface area (Å²) in [5.41, 5.74) is 2.85. The molecule has 9 heteroatoms. The smallest absolute Gasteiger partial charge is 0.274 e. The number of carbonyl (C=O) groups is 2. The summed E-state index contributed by atoms with van der Waals surface area (Å²) in [6.07, 6.45) is 4.37. The highest BCUT2D eigenvalue weighted by Crippen LogP contribution is 2.29. The Balaban J connectivity index is 1.16. The van der Waals surface area contributed by atoms with Crippen molar-refractivity contribution in [3.05, 3.63) is 83.5 Å². The number of carbonyl (C=O) groups excluding carboxylic acids is 2. The molecule has 3 aromatic rings. The van der Waals surface area contributed by atoms with Gasteiger partial charge in [0.15, 0.2) is 5.69 Å². The summed E-state index contributed by atoms with van der Waals surface area (Å²) >= 11 is 0. The lowest BCUT2D eigenvalue weighted by Gasteiger charge is -2.31. The zero-order valence-corrected chi connectivity index (χ0v) is 18.7. The molecular weight excluding hydrogens is 437 g/mol. The van der Waals surface area contributed by atoms with E-state index in [9.17, 15) is 14.0 Å². The molecule has 1 saturated heterocycles. The van der Waals surface area contributed by atoms with Gasteiger partial charge in [-0.2, -0.15) is 0 Å². The third-order valence-electron chi connectivity index (χ3n) is 6.50. The standard InChI is InChI=1S/C25H26FN5O3/c26-19-6-4-17(5-7-19)22-14-31-16-29-23(21(31)15-34-22)25(33)30-11-8-18(9-12-30)24(32)28-13-20-3-1-2-10-27-20/h1-7,10,16,18,22H,8-9,11-15H2,(H,28,32). The van der Waals surface area contributed by atoms with Gasteiger partial charge in [0.2, 0.25) is 5.91 Å². The Hall–Kier alpha value is -3.59. The number of nitrogens with zero attached hydrogens (tertiary/aromatic N) is 4. The number of aromatic nitrogens is 3. The van der Waals surface area contributed by atoms with Crippen molar-refractivity contribution in [1.82, 2.24) is 24.8 Å². The lowest BCUT2D eigenvalue weighted by Crippen LogP contribution is -2.43. The molecule has 34 heavy (non-hydrogen) atoms. The van der Waals surface area contributed by atoms with Gasteiger partial charge in [0.25, 0.3) is 5.91 Å². The van der Waals surface area contributed by atoms with Crippen molar-refractivity contribution >= 4 is 11.8 Å². The highest BCUT2D eigenvalue weighted by atomic mass is 19.1. The van der Waals surface area contributed by atoms with E-state index in [2.05, 4.69) is 15.3 Å². The van der Waals surface area contributed by atoms with E-state index in [0.717, 1.165) is 17.0 Å². The second-order valence-electron chi connectivity index (χ2n) is 8.65. The first-order chi connectivity index (χ1) is 16.6. The highest BCUT2D eigenvalue weighted by molar-refractivity contribution is 5.93. The molecule has 1 N–H and O–H groups in total. The average Bonchev–Trinajstić information content (AvgIpc) is 3.31. The Morgan fingerprint density at radius 2 is 1.88 bits per heavy atom. The van der Waals surface area contributed by atoms with E-state index >= 15 is 0 Å². The number of likely N-dealkylation sites (tertiary alicyclic amines) is 1. The van der Waals surface area contributed by atoms with Crippen LogP contribution >= 0.6 is 0 Å². The van der Waals surface area contributed by atoms with Gasteiger partial charge in [-0.1, -0.05) is 18.2 Å². The van der Waals surface area contributed by atoms with Crippen molar-refractivity contribution in [1.29, 1.82) is 0 Å². The van der Waals surface area contributed by atoms with Gasteiger partial charge in [-0.3, -0.25) is 14.6 Å². The molecule has 1 atom stereocenters. The number of rotatable bonds is 5. The maximum atomic E-state index is 13.2. The number of hydrogen-bond donors (Lipinski definition) is 1. The molecule has 2 aliphatic heterocycles. The fourth-order valence-corrected chi connectivity index (χ4v) is 4.50. The molecule has 0 radical (unpaired) electrons. The normalized spacial score (nSPS) is 18.4. The molecule has 1 aromatic carbocycles. The summed E-state index contributed by atoms with van der Waals surface area (Å²) in [5.74, 6) is -0.545. The van der Waals surface area contributed by atoms with Crippen LogP contribution in [0, 0.1) is 11.7 Å². The Morgan fingerprint density at radius 1 is 1.09 bits per heavy atom. The zero-order chi connectivity index (χ0) is 23.5. The predicted molar refractivity (Wildman–Crippen MR) is 121 cm³/mol. The van der Waals surface area contributed by atoms with Gasteiger partial charge in [0, 0.05) is 25.2 Å². The number of halogens is 1. The van der Waals surface area contributed by atoms with Crippen LogP contribution < -0.4 is 5.32 Å². The summed E-state index contributed by atoms with van der Waals surface area (Å²) in [7, 11) is 0. The minimum atomic E-state index is -0.287. The largest absolute Gasteiger partial charge is 0.365 e. The summed E-state index contributed by atoms with van der Waals surface area (Å²) in [6.45, 7) is 2.19. The minimum absolute atomic E-state index is 0.00245. The number of imidazole rings is 1. The van der Waals surface area contributed by atoms with Crippen LogP contribution in [0.1, 0.15) is 46.4 Å². The van der Waals surface area contributed by atoms with Crippen LogP contribution in [0.15, 0.2) is 55.0 Å². The van der Waals surface area contributed by atoms with Crippen LogP contribution in [0.5, 0.6) is 0 Å². The number of hydrogen-bond acceptors (Lipinski definition) is 5. The Kier molecular flexibility index (Phi) is 6.35. The molecule has 0 bridgehead atoms. The third-order valence-corrected chi connectivity index (χ3v) is 6.50. The SMILES string of the molecule is O=C(NCc1ccccn1)C1CCN(C(=O)c2ncn3c2COC(c2ccc(F)cc2)C3)CC1. The Morgan fingerprint density at radius 3 is 2.62 bits per heavy atom. The van der Waals surface area contributed by atoms with Gasteiger partial charge in [-0.15, -0.1) is 0 Å². The lowest BCUT2D eigenvalue weighted by molar-refractivity contribution is -0.126. The summed E-state index contributed by atoms with van der Waals surface area (Å²) in [4.78, 5) is 36.0. The predicted octanol–water partition coefficient (Wildman–Crippen LogP) is 2.86. The van der Waals surface area contributed by atoms with Crippen molar-refractivity contribution in [2.75, 3.05) is 13.1 Å². The molecule has 2 aliphatic rings. The number of pyridine rings is 1. The van der Waals surface area contributed by atoms with Crippen LogP contribution in [0.2, 0.25) is 0 Å². The van der Waals surface area contributed by atoms with Crippen molar-refractivity contribution in [3.63, 3.8) is 0 Å². The molecule has 8 nitrogen and oxygen atoms in total. The van der Waals surface area contributed by atoms with Gasteiger partial charge < -0.3 is 19.5 Å². The maximum Gasteiger partial charge on any atom is 0.274 e. The number of nitrogens with one attached hydrogen (secondary N) is 1. The molecule has 0 saturated carbocycles. The molecule has 5 rings (SSSR count). The topological polar surface area (TPSA) is 89.4 Å². The molecule has 1 fully saturated rings. The van der Waals surface area contributed by atoms with Gasteiger partial charge >= 0.3 is 0 Å². The van der Waals surface area contributed by atoms with Crippen LogP contribution in [0.4, 0.5) is 4.39 Å². The van der Waals surface area contributed by atoms with E-state index in [-0.39, 0.29) is 36.3 Å². The van der Waals surface area contributed by atoms with E-state index < -0.39 is 0 Å². The second kappa shape index (κ2) is 9.72. The molecule has 4 heterocycles. The average molecular weight is 464 g/mol. The molecule has 1 unspecified atom stereocenters. The van der Waals surface area contributed by atoms with Crippen molar-refractivity contribution in [3.8, 4) is 0 Å². The van der Waals surface area contributed by atoms with Crippen molar-refractivity contribution in [2.45, 2.75) is 38.6 Å². The summed E-state index contributed by atoms with van der Waals surface area (Å²) in [5, 5.41) is 2.94. The quantitative estimate of drug-likeness (QED) is 0.629. The number of ether oxygens (including phenoxy) is 1. The van der Waals surface area contributed by atoms with Crippen LogP contribution in [0.3, 0.4) is 0 Å². The molecule has 2 amide bonds. The Bertz CT molecular complexity index is 1160. The first-order valence-electron chi connectivity index (χ1n) is 11.5. The highest BCUT2D eigenvalue weighted by Gasteiger charge is 2.32. The lowest BCUT2D eigenvalue weighted by atomic mass is 9.95. The fraction of sp³-hybridized carbons (Fsp3) is 0.360. The van der Waals surface area contributed by atoms with E-state index in [1.807, 2.05) is 22.8 Å². The Labute approximate surface area is 196 Å². The number of piperidine rings is 1. The van der Waals surface area contributed by atoms with Gasteiger partial charge in [-0.05, 0) is 42.7 Å². The monoisotopic (exact) mass is 463 g/mol. The van der Waals surface area contributed by atoms with E-state index in [4.69, 9.17) is 4.74 Å². The molecular formula is C25H26FN5O3. The molecule has 2 aromatic heterocycles. The van der Waals surface area contributed by atoms with Gasteiger partial charge in [0.05, 0.1) is 37.4 Å². The first-order valence-corrected chi connectivity index (χ1v) is 11.5. The third kappa shape index (κ3) is 4.70.